The van der Waals surface area contributed by atoms with E-state index < -0.39 is 0 Å². The van der Waals surface area contributed by atoms with Crippen LogP contribution in [0.2, 0.25) is 0 Å². The van der Waals surface area contributed by atoms with Crippen molar-refractivity contribution in [2.45, 2.75) is 32.0 Å². The lowest BCUT2D eigenvalue weighted by molar-refractivity contribution is 0.392. The Kier molecular flexibility index (Phi) is 4.86. The molecule has 4 rings (SSSR count). The van der Waals surface area contributed by atoms with Crippen LogP contribution in [-0.2, 0) is 19.5 Å². The average molecular weight is 351 g/mol. The Balaban J connectivity index is 1.29. The molecular weight excluding hydrogens is 326 g/mol. The highest BCUT2D eigenvalue weighted by atomic mass is 15.4. The molecule has 1 aromatic heterocycles. The number of benzene rings is 1. The van der Waals surface area contributed by atoms with Crippen LogP contribution in [0, 0.1) is 0 Å². The van der Waals surface area contributed by atoms with E-state index in [0.29, 0.717) is 6.04 Å². The maximum Gasteiger partial charge on any atom is 0.191 e. The third kappa shape index (κ3) is 3.71. The summed E-state index contributed by atoms with van der Waals surface area (Å²) >= 11 is 0. The third-order valence-corrected chi connectivity index (χ3v) is 4.95. The Morgan fingerprint density at radius 2 is 2.04 bits per heavy atom. The first-order chi connectivity index (χ1) is 12.8. The van der Waals surface area contributed by atoms with Crippen LogP contribution in [-0.4, -0.2) is 46.9 Å². The van der Waals surface area contributed by atoms with Gasteiger partial charge in [-0.3, -0.25) is 4.99 Å². The molecule has 0 bridgehead atoms. The number of aliphatic imine (C=N–C) groups is 1. The largest absolute Gasteiger partial charge is 0.364 e. The fourth-order valence-electron chi connectivity index (χ4n) is 3.44. The Morgan fingerprint density at radius 3 is 2.81 bits per heavy atom. The van der Waals surface area contributed by atoms with Gasteiger partial charge in [0.15, 0.2) is 5.96 Å². The summed E-state index contributed by atoms with van der Waals surface area (Å²) in [6.07, 6.45) is 8.03. The van der Waals surface area contributed by atoms with Crippen molar-refractivity contribution in [1.82, 2.24) is 25.4 Å². The molecule has 0 amide bonds. The lowest BCUT2D eigenvalue weighted by Gasteiger charge is -2.25. The molecular formula is C19H25N7. The van der Waals surface area contributed by atoms with Crippen LogP contribution < -0.4 is 15.5 Å². The van der Waals surface area contributed by atoms with Crippen molar-refractivity contribution < 1.29 is 0 Å². The number of aromatic nitrogens is 3. The van der Waals surface area contributed by atoms with Gasteiger partial charge in [0.05, 0.1) is 6.54 Å². The molecule has 0 aliphatic carbocycles. The van der Waals surface area contributed by atoms with Crippen molar-refractivity contribution in [3.05, 3.63) is 54.1 Å². The summed E-state index contributed by atoms with van der Waals surface area (Å²) in [5, 5.41) is 11.2. The fraction of sp³-hybridized carbons (Fsp3) is 0.421. The topological polar surface area (TPSA) is 70.4 Å². The van der Waals surface area contributed by atoms with Crippen molar-refractivity contribution in [2.24, 2.45) is 4.99 Å². The number of aryl methyl sites for hydroxylation is 1. The highest BCUT2D eigenvalue weighted by Crippen LogP contribution is 2.17. The molecule has 1 atom stereocenters. The van der Waals surface area contributed by atoms with E-state index >= 15 is 0 Å². The maximum absolute atomic E-state index is 4.35. The summed E-state index contributed by atoms with van der Waals surface area (Å²) in [5.41, 5.74) is 2.51. The van der Waals surface area contributed by atoms with Crippen LogP contribution in [0.1, 0.15) is 17.8 Å². The van der Waals surface area contributed by atoms with E-state index in [2.05, 4.69) is 67.0 Å². The van der Waals surface area contributed by atoms with Gasteiger partial charge in [0.25, 0.3) is 0 Å². The van der Waals surface area contributed by atoms with Gasteiger partial charge in [0.2, 0.25) is 0 Å². The van der Waals surface area contributed by atoms with Crippen LogP contribution in [0.15, 0.2) is 47.7 Å². The molecule has 136 valence electrons. The summed E-state index contributed by atoms with van der Waals surface area (Å²) in [5.74, 6) is 1.89. The number of hydrogen-bond acceptors (Lipinski definition) is 4. The predicted molar refractivity (Wildman–Crippen MR) is 103 cm³/mol. The highest BCUT2D eigenvalue weighted by Gasteiger charge is 2.20. The molecule has 7 nitrogen and oxygen atoms in total. The van der Waals surface area contributed by atoms with Gasteiger partial charge in [-0.1, -0.05) is 24.3 Å². The molecule has 0 saturated heterocycles. The number of anilines is 1. The van der Waals surface area contributed by atoms with E-state index in [1.165, 1.54) is 11.3 Å². The molecule has 7 heteroatoms. The summed E-state index contributed by atoms with van der Waals surface area (Å²) in [6.45, 7) is 3.58. The van der Waals surface area contributed by atoms with E-state index in [-0.39, 0.29) is 0 Å². The van der Waals surface area contributed by atoms with Crippen molar-refractivity contribution >= 4 is 11.6 Å². The fourth-order valence-corrected chi connectivity index (χ4v) is 3.44. The smallest absolute Gasteiger partial charge is 0.191 e. The average Bonchev–Trinajstić information content (AvgIpc) is 3.37. The Labute approximate surface area is 153 Å². The van der Waals surface area contributed by atoms with Gasteiger partial charge in [0.1, 0.15) is 12.2 Å². The highest BCUT2D eigenvalue weighted by molar-refractivity contribution is 5.80. The molecule has 0 saturated carbocycles. The van der Waals surface area contributed by atoms with Crippen LogP contribution in [0.3, 0.4) is 0 Å². The van der Waals surface area contributed by atoms with Crippen molar-refractivity contribution in [3.8, 4) is 0 Å². The van der Waals surface area contributed by atoms with Crippen molar-refractivity contribution in [2.75, 3.05) is 25.0 Å². The van der Waals surface area contributed by atoms with Crippen LogP contribution >= 0.6 is 0 Å². The first kappa shape index (κ1) is 16.6. The second kappa shape index (κ2) is 7.59. The molecule has 3 heterocycles. The normalized spacial score (nSPS) is 19.5. The zero-order valence-corrected chi connectivity index (χ0v) is 15.1. The van der Waals surface area contributed by atoms with Gasteiger partial charge in [-0.25, -0.2) is 9.67 Å². The molecule has 2 aromatic rings. The number of fused-ring (bicyclic) bond motifs is 1. The van der Waals surface area contributed by atoms with E-state index in [0.717, 1.165) is 50.8 Å². The van der Waals surface area contributed by atoms with E-state index in [4.69, 9.17) is 0 Å². The second-order valence-corrected chi connectivity index (χ2v) is 6.71. The Bertz CT molecular complexity index is 782. The van der Waals surface area contributed by atoms with Gasteiger partial charge in [0, 0.05) is 44.8 Å². The standard InChI is InChI=1S/C19H25N7/c1-20-19(24-16-6-9-18-22-14-23-26(18)13-16)21-12-15-4-7-17(8-5-15)25-10-2-3-11-25/h2-5,7-8,14,16H,6,9-13H2,1H3,(H2,20,21,24). The lowest BCUT2D eigenvalue weighted by atomic mass is 10.1. The zero-order chi connectivity index (χ0) is 17.8. The van der Waals surface area contributed by atoms with Crippen LogP contribution in [0.25, 0.3) is 0 Å². The number of nitrogens with one attached hydrogen (secondary N) is 2. The summed E-state index contributed by atoms with van der Waals surface area (Å²) in [4.78, 5) is 11.0. The van der Waals surface area contributed by atoms with Gasteiger partial charge < -0.3 is 15.5 Å². The quantitative estimate of drug-likeness (QED) is 0.494. The minimum Gasteiger partial charge on any atom is -0.364 e. The minimum absolute atomic E-state index is 0.320. The Hall–Kier alpha value is -2.83. The zero-order valence-electron chi connectivity index (χ0n) is 15.1. The number of rotatable bonds is 4. The van der Waals surface area contributed by atoms with Gasteiger partial charge >= 0.3 is 0 Å². The van der Waals surface area contributed by atoms with Gasteiger partial charge in [-0.15, -0.1) is 0 Å². The monoisotopic (exact) mass is 351 g/mol. The third-order valence-electron chi connectivity index (χ3n) is 4.95. The number of nitrogens with zero attached hydrogens (tertiary/aromatic N) is 5. The van der Waals surface area contributed by atoms with Crippen LogP contribution in [0.4, 0.5) is 5.69 Å². The van der Waals surface area contributed by atoms with Gasteiger partial charge in [-0.2, -0.15) is 5.10 Å². The summed E-state index contributed by atoms with van der Waals surface area (Å²) in [6, 6.07) is 9.05. The molecule has 2 aliphatic heterocycles. The first-order valence-electron chi connectivity index (χ1n) is 9.14. The van der Waals surface area contributed by atoms with E-state index in [1.54, 1.807) is 6.33 Å². The number of guanidine groups is 1. The summed E-state index contributed by atoms with van der Waals surface area (Å²) in [7, 11) is 1.81. The SMILES string of the molecule is CN=C(NCc1ccc(N2CC=CC2)cc1)NC1CCc2ncnn2C1. The molecule has 1 unspecified atom stereocenters. The molecule has 2 aliphatic rings. The maximum atomic E-state index is 4.35. The van der Waals surface area contributed by atoms with Crippen LogP contribution in [0.5, 0.6) is 0 Å². The van der Waals surface area contributed by atoms with Crippen molar-refractivity contribution in [3.63, 3.8) is 0 Å². The first-order valence-corrected chi connectivity index (χ1v) is 9.14. The minimum atomic E-state index is 0.320. The second-order valence-electron chi connectivity index (χ2n) is 6.71. The Morgan fingerprint density at radius 1 is 1.23 bits per heavy atom. The van der Waals surface area contributed by atoms with E-state index in [9.17, 15) is 0 Å². The van der Waals surface area contributed by atoms with Crippen molar-refractivity contribution in [1.29, 1.82) is 0 Å². The molecule has 0 spiro atoms. The van der Waals surface area contributed by atoms with E-state index in [1.807, 2.05) is 11.7 Å². The molecule has 1 aromatic carbocycles. The van der Waals surface area contributed by atoms with Gasteiger partial charge in [-0.05, 0) is 24.1 Å². The molecule has 2 N–H and O–H groups in total. The summed E-state index contributed by atoms with van der Waals surface area (Å²) < 4.78 is 1.97. The predicted octanol–water partition coefficient (Wildman–Crippen LogP) is 1.33. The lowest BCUT2D eigenvalue weighted by Crippen LogP contribution is -2.46. The molecule has 0 fully saturated rings. The molecule has 26 heavy (non-hydrogen) atoms. The number of hydrogen-bond donors (Lipinski definition) is 2. The molecule has 0 radical (unpaired) electrons.